The summed E-state index contributed by atoms with van der Waals surface area (Å²) in [7, 11) is 3.81. The summed E-state index contributed by atoms with van der Waals surface area (Å²) in [6.45, 7) is 0.897. The van der Waals surface area contributed by atoms with E-state index in [0.717, 1.165) is 6.20 Å². The van der Waals surface area contributed by atoms with E-state index in [0.29, 0.717) is 13.0 Å². The number of halogens is 1. The van der Waals surface area contributed by atoms with E-state index in [-0.39, 0.29) is 24.1 Å². The van der Waals surface area contributed by atoms with Gasteiger partial charge in [0, 0.05) is 25.3 Å². The molecule has 19 heavy (non-hydrogen) atoms. The van der Waals surface area contributed by atoms with Gasteiger partial charge < -0.3 is 14.9 Å². The zero-order chi connectivity index (χ0) is 14.0. The van der Waals surface area contributed by atoms with Crippen molar-refractivity contribution >= 4 is 5.91 Å². The Labute approximate surface area is 111 Å². The van der Waals surface area contributed by atoms with Crippen LogP contribution in [0.4, 0.5) is 4.39 Å². The van der Waals surface area contributed by atoms with E-state index in [1.807, 2.05) is 19.0 Å². The van der Waals surface area contributed by atoms with Crippen molar-refractivity contribution in [2.75, 3.05) is 27.2 Å². The number of rotatable bonds is 3. The number of nitrogens with zero attached hydrogens (tertiary/aromatic N) is 3. The second-order valence-electron chi connectivity index (χ2n) is 5.12. The maximum absolute atomic E-state index is 13.6. The summed E-state index contributed by atoms with van der Waals surface area (Å²) < 4.78 is 13.6. The fraction of sp³-hybridized carbons (Fsp3) is 0.538. The lowest BCUT2D eigenvalue weighted by molar-refractivity contribution is 0.0694. The molecule has 0 aliphatic carbocycles. The van der Waals surface area contributed by atoms with Gasteiger partial charge in [-0.1, -0.05) is 0 Å². The number of aliphatic hydroxyl groups excluding tert-OH is 1. The van der Waals surface area contributed by atoms with Gasteiger partial charge in [0.1, 0.15) is 0 Å². The molecule has 1 aromatic heterocycles. The Balaban J connectivity index is 2.19. The second kappa shape index (κ2) is 5.63. The molecular formula is C13H18FN3O2. The van der Waals surface area contributed by atoms with Crippen molar-refractivity contribution in [3.8, 4) is 0 Å². The lowest BCUT2D eigenvalue weighted by Gasteiger charge is -2.26. The van der Waals surface area contributed by atoms with E-state index in [1.54, 1.807) is 4.90 Å². The molecule has 1 amide bonds. The summed E-state index contributed by atoms with van der Waals surface area (Å²) in [5.74, 6) is -1.01. The molecule has 1 saturated heterocycles. The molecule has 104 valence electrons. The predicted octanol–water partition coefficient (Wildman–Crippen LogP) is 0.358. The molecule has 2 rings (SSSR count). The van der Waals surface area contributed by atoms with E-state index in [1.165, 1.54) is 12.3 Å². The van der Waals surface area contributed by atoms with E-state index in [2.05, 4.69) is 4.98 Å². The van der Waals surface area contributed by atoms with Crippen LogP contribution in [-0.2, 0) is 0 Å². The number of likely N-dealkylation sites (N-methyl/N-ethyl adjacent to an activating group) is 1. The van der Waals surface area contributed by atoms with E-state index < -0.39 is 11.9 Å². The molecule has 2 unspecified atom stereocenters. The molecule has 1 aliphatic rings. The fourth-order valence-electron chi connectivity index (χ4n) is 2.44. The van der Waals surface area contributed by atoms with E-state index in [4.69, 9.17) is 0 Å². The van der Waals surface area contributed by atoms with Crippen LogP contribution in [-0.4, -0.2) is 65.1 Å². The maximum atomic E-state index is 13.6. The number of hydrogen-bond donors (Lipinski definition) is 1. The summed E-state index contributed by atoms with van der Waals surface area (Å²) >= 11 is 0. The van der Waals surface area contributed by atoms with Crippen molar-refractivity contribution in [1.82, 2.24) is 14.8 Å². The van der Waals surface area contributed by atoms with Gasteiger partial charge in [0.15, 0.2) is 5.82 Å². The number of β-amino-alcohol motifs (C(OH)–C–C–N with tert-alkyl or cyclic N) is 1. The topological polar surface area (TPSA) is 56.7 Å². The molecule has 6 heteroatoms. The number of aromatic nitrogens is 1. The lowest BCUT2D eigenvalue weighted by atomic mass is 10.1. The van der Waals surface area contributed by atoms with Crippen LogP contribution in [0, 0.1) is 5.82 Å². The van der Waals surface area contributed by atoms with Gasteiger partial charge in [-0.2, -0.15) is 0 Å². The monoisotopic (exact) mass is 267 g/mol. The van der Waals surface area contributed by atoms with Crippen LogP contribution < -0.4 is 0 Å². The van der Waals surface area contributed by atoms with Crippen LogP contribution in [0.25, 0.3) is 0 Å². The number of carbonyl (C=O) groups excluding carboxylic acids is 1. The van der Waals surface area contributed by atoms with Crippen LogP contribution >= 0.6 is 0 Å². The van der Waals surface area contributed by atoms with Gasteiger partial charge in [0.05, 0.1) is 17.9 Å². The number of hydrogen-bond acceptors (Lipinski definition) is 4. The van der Waals surface area contributed by atoms with Crippen LogP contribution in [0.15, 0.2) is 18.5 Å². The Morgan fingerprint density at radius 1 is 1.63 bits per heavy atom. The third-order valence-corrected chi connectivity index (χ3v) is 3.23. The minimum absolute atomic E-state index is 0.00727. The minimum atomic E-state index is -0.627. The zero-order valence-electron chi connectivity index (χ0n) is 11.1. The number of likely N-dealkylation sites (tertiary alicyclic amines) is 1. The highest BCUT2D eigenvalue weighted by atomic mass is 19.1. The van der Waals surface area contributed by atoms with Crippen molar-refractivity contribution in [3.05, 3.63) is 29.8 Å². The molecule has 0 aromatic carbocycles. The third-order valence-electron chi connectivity index (χ3n) is 3.23. The summed E-state index contributed by atoms with van der Waals surface area (Å²) in [6.07, 6.45) is 2.40. The standard InChI is InChI=1S/C13H18FN3O2/c1-16(2)7-9-5-10(18)8-17(9)13(19)11-3-4-15-6-12(11)14/h3-4,6,9-10,18H,5,7-8H2,1-2H3. The fourth-order valence-corrected chi connectivity index (χ4v) is 2.44. The molecule has 1 N–H and O–H groups in total. The van der Waals surface area contributed by atoms with Crippen molar-refractivity contribution in [2.45, 2.75) is 18.6 Å². The summed E-state index contributed by atoms with van der Waals surface area (Å²) in [5, 5.41) is 9.73. The van der Waals surface area contributed by atoms with Crippen LogP contribution in [0.3, 0.4) is 0 Å². The van der Waals surface area contributed by atoms with Gasteiger partial charge >= 0.3 is 0 Å². The van der Waals surface area contributed by atoms with Crippen LogP contribution in [0.5, 0.6) is 0 Å². The van der Waals surface area contributed by atoms with Gasteiger partial charge in [0.25, 0.3) is 5.91 Å². The Morgan fingerprint density at radius 2 is 2.37 bits per heavy atom. The highest BCUT2D eigenvalue weighted by Gasteiger charge is 2.35. The molecular weight excluding hydrogens is 249 g/mol. The van der Waals surface area contributed by atoms with E-state index >= 15 is 0 Å². The molecule has 1 aliphatic heterocycles. The van der Waals surface area contributed by atoms with Gasteiger partial charge in [-0.15, -0.1) is 0 Å². The second-order valence-corrected chi connectivity index (χ2v) is 5.12. The van der Waals surface area contributed by atoms with Gasteiger partial charge in [-0.3, -0.25) is 9.78 Å². The first kappa shape index (κ1) is 13.9. The molecule has 2 heterocycles. The number of pyridine rings is 1. The van der Waals surface area contributed by atoms with Gasteiger partial charge in [-0.05, 0) is 26.6 Å². The lowest BCUT2D eigenvalue weighted by Crippen LogP contribution is -2.41. The predicted molar refractivity (Wildman–Crippen MR) is 68.2 cm³/mol. The SMILES string of the molecule is CN(C)CC1CC(O)CN1C(=O)c1ccncc1F. The number of aliphatic hydroxyl groups is 1. The quantitative estimate of drug-likeness (QED) is 0.859. The highest BCUT2D eigenvalue weighted by Crippen LogP contribution is 2.21. The summed E-state index contributed by atoms with van der Waals surface area (Å²) in [4.78, 5) is 19.5. The van der Waals surface area contributed by atoms with Crippen molar-refractivity contribution in [1.29, 1.82) is 0 Å². The first-order valence-electron chi connectivity index (χ1n) is 6.22. The molecule has 0 radical (unpaired) electrons. The Hall–Kier alpha value is -1.53. The highest BCUT2D eigenvalue weighted by molar-refractivity contribution is 5.94. The first-order valence-corrected chi connectivity index (χ1v) is 6.22. The molecule has 1 aromatic rings. The minimum Gasteiger partial charge on any atom is -0.391 e. The average Bonchev–Trinajstić information content (AvgIpc) is 2.69. The largest absolute Gasteiger partial charge is 0.391 e. The summed E-state index contributed by atoms with van der Waals surface area (Å²) in [6, 6.07) is 1.28. The van der Waals surface area contributed by atoms with Crippen molar-refractivity contribution in [3.63, 3.8) is 0 Å². The Kier molecular flexibility index (Phi) is 4.11. The Bertz CT molecular complexity index is 467. The third kappa shape index (κ3) is 3.08. The van der Waals surface area contributed by atoms with Gasteiger partial charge in [-0.25, -0.2) is 4.39 Å². The molecule has 5 nitrogen and oxygen atoms in total. The normalized spacial score (nSPS) is 23.1. The molecule has 1 fully saturated rings. The smallest absolute Gasteiger partial charge is 0.257 e. The van der Waals surface area contributed by atoms with Crippen LogP contribution in [0.2, 0.25) is 0 Å². The van der Waals surface area contributed by atoms with E-state index in [9.17, 15) is 14.3 Å². The number of carbonyl (C=O) groups is 1. The number of amides is 1. The average molecular weight is 267 g/mol. The molecule has 0 saturated carbocycles. The van der Waals surface area contributed by atoms with Crippen molar-refractivity contribution in [2.24, 2.45) is 0 Å². The maximum Gasteiger partial charge on any atom is 0.257 e. The molecule has 0 spiro atoms. The first-order chi connectivity index (χ1) is 8.99. The molecule has 2 atom stereocenters. The van der Waals surface area contributed by atoms with Gasteiger partial charge in [0.2, 0.25) is 0 Å². The molecule has 0 bridgehead atoms. The Morgan fingerprint density at radius 3 is 3.00 bits per heavy atom. The van der Waals surface area contributed by atoms with Crippen LogP contribution in [0.1, 0.15) is 16.8 Å². The van der Waals surface area contributed by atoms with Crippen molar-refractivity contribution < 1.29 is 14.3 Å². The zero-order valence-corrected chi connectivity index (χ0v) is 11.1. The summed E-state index contributed by atoms with van der Waals surface area (Å²) in [5.41, 5.74) is 0.00727.